The van der Waals surface area contributed by atoms with Gasteiger partial charge in [-0.25, -0.2) is 0 Å². The van der Waals surface area contributed by atoms with Gasteiger partial charge in [0.25, 0.3) is 0 Å². The monoisotopic (exact) mass is 210 g/mol. The number of allylic oxidation sites excluding steroid dienone is 1. The molecule has 0 heterocycles. The third kappa shape index (κ3) is 3.09. The largest absolute Gasteiger partial charge is 0.106 e. The standard InChI is InChI=1S/C14H14.C2H4/c1-11(2)9-12-7-8-13-5-3-4-6-14(13)10-12;1-2/h3-8,10H,1,9H2,2H3;1-2H2. The summed E-state index contributed by atoms with van der Waals surface area (Å²) in [5.41, 5.74) is 2.55. The first-order chi connectivity index (χ1) is 7.75. The maximum absolute atomic E-state index is 3.93. The van der Waals surface area contributed by atoms with E-state index >= 15 is 0 Å². The minimum absolute atomic E-state index is 0.977. The topological polar surface area (TPSA) is 0 Å². The van der Waals surface area contributed by atoms with Gasteiger partial charge in [-0.05, 0) is 29.7 Å². The molecule has 2 aromatic rings. The molecule has 2 aromatic carbocycles. The predicted octanol–water partition coefficient (Wildman–Crippen LogP) is 4.76. The highest BCUT2D eigenvalue weighted by molar-refractivity contribution is 5.83. The molecule has 2 rings (SSSR count). The zero-order valence-electron chi connectivity index (χ0n) is 9.87. The molecule has 0 spiro atoms. The molecule has 0 nitrogen and oxygen atoms in total. The van der Waals surface area contributed by atoms with Gasteiger partial charge in [-0.15, -0.1) is 13.2 Å². The van der Waals surface area contributed by atoms with Crippen LogP contribution in [0.15, 0.2) is 67.8 Å². The second-order valence-corrected chi connectivity index (χ2v) is 3.82. The average molecular weight is 210 g/mol. The quantitative estimate of drug-likeness (QED) is 0.627. The predicted molar refractivity (Wildman–Crippen MR) is 73.7 cm³/mol. The summed E-state index contributed by atoms with van der Waals surface area (Å²) >= 11 is 0. The molecule has 0 N–H and O–H groups in total. The average Bonchev–Trinajstić information content (AvgIpc) is 2.31. The molecular formula is C16H18. The highest BCUT2D eigenvalue weighted by Gasteiger charge is 1.95. The van der Waals surface area contributed by atoms with Crippen LogP contribution in [0.1, 0.15) is 12.5 Å². The van der Waals surface area contributed by atoms with Crippen LogP contribution in [0.4, 0.5) is 0 Å². The Balaban J connectivity index is 0.000000606. The first-order valence-electron chi connectivity index (χ1n) is 5.38. The Morgan fingerprint density at radius 2 is 1.62 bits per heavy atom. The van der Waals surface area contributed by atoms with Crippen LogP contribution in [-0.2, 0) is 6.42 Å². The van der Waals surface area contributed by atoms with E-state index in [0.29, 0.717) is 0 Å². The van der Waals surface area contributed by atoms with Gasteiger partial charge in [0, 0.05) is 0 Å². The second-order valence-electron chi connectivity index (χ2n) is 3.82. The van der Waals surface area contributed by atoms with Crippen molar-refractivity contribution in [2.24, 2.45) is 0 Å². The number of benzene rings is 2. The summed E-state index contributed by atoms with van der Waals surface area (Å²) in [5.74, 6) is 0. The number of hydrogen-bond acceptors (Lipinski definition) is 0. The minimum atomic E-state index is 0.977. The first kappa shape index (κ1) is 12.3. The molecule has 0 aliphatic carbocycles. The van der Waals surface area contributed by atoms with Crippen molar-refractivity contribution in [1.82, 2.24) is 0 Å². The third-order valence-corrected chi connectivity index (χ3v) is 2.32. The lowest BCUT2D eigenvalue weighted by Gasteiger charge is -2.02. The van der Waals surface area contributed by atoms with E-state index in [1.807, 2.05) is 0 Å². The van der Waals surface area contributed by atoms with Crippen molar-refractivity contribution in [3.8, 4) is 0 Å². The van der Waals surface area contributed by atoms with E-state index in [0.717, 1.165) is 6.42 Å². The lowest BCUT2D eigenvalue weighted by Crippen LogP contribution is -1.85. The Labute approximate surface area is 97.9 Å². The fraction of sp³-hybridized carbons (Fsp3) is 0.125. The van der Waals surface area contributed by atoms with E-state index in [1.165, 1.54) is 21.9 Å². The lowest BCUT2D eigenvalue weighted by atomic mass is 10.0. The molecule has 0 unspecified atom stereocenters. The molecule has 16 heavy (non-hydrogen) atoms. The van der Waals surface area contributed by atoms with Crippen LogP contribution in [0.3, 0.4) is 0 Å². The molecule has 0 radical (unpaired) electrons. The van der Waals surface area contributed by atoms with Crippen LogP contribution in [0.5, 0.6) is 0 Å². The van der Waals surface area contributed by atoms with E-state index in [-0.39, 0.29) is 0 Å². The molecule has 0 aromatic heterocycles. The van der Waals surface area contributed by atoms with E-state index in [1.54, 1.807) is 0 Å². The van der Waals surface area contributed by atoms with Crippen molar-refractivity contribution >= 4 is 10.8 Å². The highest BCUT2D eigenvalue weighted by Crippen LogP contribution is 2.17. The third-order valence-electron chi connectivity index (χ3n) is 2.32. The fourth-order valence-electron chi connectivity index (χ4n) is 1.70. The fourth-order valence-corrected chi connectivity index (χ4v) is 1.70. The molecule has 82 valence electrons. The molecule has 0 bridgehead atoms. The van der Waals surface area contributed by atoms with Crippen molar-refractivity contribution in [1.29, 1.82) is 0 Å². The summed E-state index contributed by atoms with van der Waals surface area (Å²) in [6, 6.07) is 15.0. The Morgan fingerprint density at radius 3 is 2.25 bits per heavy atom. The summed E-state index contributed by atoms with van der Waals surface area (Å²) in [4.78, 5) is 0. The Hall–Kier alpha value is -1.82. The summed E-state index contributed by atoms with van der Waals surface area (Å²) in [5, 5.41) is 2.62. The van der Waals surface area contributed by atoms with Crippen LogP contribution in [0.2, 0.25) is 0 Å². The number of hydrogen-bond donors (Lipinski definition) is 0. The molecule has 0 saturated carbocycles. The van der Waals surface area contributed by atoms with Crippen molar-refractivity contribution in [2.75, 3.05) is 0 Å². The van der Waals surface area contributed by atoms with E-state index in [4.69, 9.17) is 0 Å². The minimum Gasteiger partial charge on any atom is -0.106 e. The van der Waals surface area contributed by atoms with Gasteiger partial charge in [-0.2, -0.15) is 0 Å². The summed E-state index contributed by atoms with van der Waals surface area (Å²) in [7, 11) is 0. The van der Waals surface area contributed by atoms with Gasteiger partial charge in [-0.1, -0.05) is 54.6 Å². The maximum Gasteiger partial charge on any atom is -0.00724 e. The van der Waals surface area contributed by atoms with Crippen LogP contribution < -0.4 is 0 Å². The zero-order chi connectivity index (χ0) is 12.0. The molecule has 0 fully saturated rings. The van der Waals surface area contributed by atoms with Crippen LogP contribution in [0, 0.1) is 0 Å². The van der Waals surface area contributed by atoms with Gasteiger partial charge < -0.3 is 0 Å². The molecular weight excluding hydrogens is 192 g/mol. The first-order valence-corrected chi connectivity index (χ1v) is 5.38. The molecule has 0 amide bonds. The summed E-state index contributed by atoms with van der Waals surface area (Å²) in [6.07, 6.45) is 0.977. The molecule has 0 heteroatoms. The van der Waals surface area contributed by atoms with Crippen LogP contribution in [-0.4, -0.2) is 0 Å². The summed E-state index contributed by atoms with van der Waals surface area (Å²) in [6.45, 7) is 12.0. The van der Waals surface area contributed by atoms with Gasteiger partial charge in [0.05, 0.1) is 0 Å². The molecule has 0 aliphatic rings. The van der Waals surface area contributed by atoms with Gasteiger partial charge in [0.1, 0.15) is 0 Å². The SMILES string of the molecule is C=C.C=C(C)Cc1ccc2ccccc2c1. The van der Waals surface area contributed by atoms with Crippen molar-refractivity contribution in [2.45, 2.75) is 13.3 Å². The normalized spacial score (nSPS) is 9.31. The van der Waals surface area contributed by atoms with Crippen molar-refractivity contribution in [3.63, 3.8) is 0 Å². The van der Waals surface area contributed by atoms with Gasteiger partial charge in [-0.3, -0.25) is 0 Å². The van der Waals surface area contributed by atoms with Crippen LogP contribution >= 0.6 is 0 Å². The molecule has 0 saturated heterocycles. The van der Waals surface area contributed by atoms with Gasteiger partial charge >= 0.3 is 0 Å². The van der Waals surface area contributed by atoms with Crippen molar-refractivity contribution in [3.05, 3.63) is 73.3 Å². The van der Waals surface area contributed by atoms with Gasteiger partial charge in [0.2, 0.25) is 0 Å². The van der Waals surface area contributed by atoms with Crippen molar-refractivity contribution < 1.29 is 0 Å². The Kier molecular flexibility index (Phi) is 4.53. The van der Waals surface area contributed by atoms with Crippen LogP contribution in [0.25, 0.3) is 10.8 Å². The summed E-state index contributed by atoms with van der Waals surface area (Å²) < 4.78 is 0. The van der Waals surface area contributed by atoms with E-state index in [2.05, 4.69) is 69.1 Å². The number of fused-ring (bicyclic) bond motifs is 1. The highest BCUT2D eigenvalue weighted by atomic mass is 14.0. The molecule has 0 aliphatic heterocycles. The second kappa shape index (κ2) is 5.92. The maximum atomic E-state index is 3.93. The smallest absolute Gasteiger partial charge is 0.00724 e. The van der Waals surface area contributed by atoms with E-state index in [9.17, 15) is 0 Å². The van der Waals surface area contributed by atoms with E-state index < -0.39 is 0 Å². The Bertz CT molecular complexity index is 480. The van der Waals surface area contributed by atoms with Gasteiger partial charge in [0.15, 0.2) is 0 Å². The zero-order valence-corrected chi connectivity index (χ0v) is 9.87. The Morgan fingerprint density at radius 1 is 1.00 bits per heavy atom. The lowest BCUT2D eigenvalue weighted by molar-refractivity contribution is 1.16. The molecule has 0 atom stereocenters. The number of rotatable bonds is 2.